The zero-order valence-electron chi connectivity index (χ0n) is 13.0. The van der Waals surface area contributed by atoms with Gasteiger partial charge in [-0.1, -0.05) is 18.7 Å². The molecule has 0 aliphatic rings. The van der Waals surface area contributed by atoms with Gasteiger partial charge in [0.15, 0.2) is 0 Å². The molecule has 2 aromatic carbocycles. The quantitative estimate of drug-likeness (QED) is 0.734. The number of benzene rings is 2. The molecule has 1 amide bonds. The number of nitrogens with one attached hydrogen (secondary N) is 2. The van der Waals surface area contributed by atoms with Crippen LogP contribution in [0.2, 0.25) is 0 Å². The Hall–Kier alpha value is -2.95. The van der Waals surface area contributed by atoms with Gasteiger partial charge in [0, 0.05) is 17.4 Å². The highest BCUT2D eigenvalue weighted by Crippen LogP contribution is 2.17. The van der Waals surface area contributed by atoms with E-state index >= 15 is 0 Å². The molecule has 23 heavy (non-hydrogen) atoms. The van der Waals surface area contributed by atoms with Crippen molar-refractivity contribution in [3.8, 4) is 11.5 Å². The van der Waals surface area contributed by atoms with Crippen molar-refractivity contribution < 1.29 is 14.3 Å². The van der Waals surface area contributed by atoms with Crippen molar-refractivity contribution in [2.75, 3.05) is 30.9 Å². The van der Waals surface area contributed by atoms with Crippen LogP contribution >= 0.6 is 0 Å². The molecule has 2 rings (SSSR count). The summed E-state index contributed by atoms with van der Waals surface area (Å²) in [6, 6.07) is 14.6. The van der Waals surface area contributed by atoms with Crippen LogP contribution in [0, 0.1) is 0 Å². The number of anilines is 2. The molecule has 5 nitrogen and oxygen atoms in total. The Bertz CT molecular complexity index is 654. The minimum atomic E-state index is -0.134. The summed E-state index contributed by atoms with van der Waals surface area (Å²) in [5.41, 5.74) is 1.54. The van der Waals surface area contributed by atoms with Crippen LogP contribution in [0.1, 0.15) is 0 Å². The molecule has 0 spiro atoms. The van der Waals surface area contributed by atoms with Crippen LogP contribution in [0.4, 0.5) is 11.4 Å². The van der Waals surface area contributed by atoms with E-state index in [0.717, 1.165) is 11.4 Å². The van der Waals surface area contributed by atoms with Crippen molar-refractivity contribution in [1.82, 2.24) is 0 Å². The van der Waals surface area contributed by atoms with E-state index < -0.39 is 0 Å². The Morgan fingerprint density at radius 3 is 2.61 bits per heavy atom. The Labute approximate surface area is 135 Å². The molecule has 0 saturated carbocycles. The van der Waals surface area contributed by atoms with Gasteiger partial charge in [-0.05, 0) is 36.4 Å². The van der Waals surface area contributed by atoms with E-state index in [1.165, 1.54) is 0 Å². The van der Waals surface area contributed by atoms with Crippen LogP contribution < -0.4 is 20.1 Å². The van der Waals surface area contributed by atoms with E-state index in [1.54, 1.807) is 19.3 Å². The second-order valence-corrected chi connectivity index (χ2v) is 4.76. The van der Waals surface area contributed by atoms with Crippen LogP contribution in [0.25, 0.3) is 0 Å². The summed E-state index contributed by atoms with van der Waals surface area (Å²) < 4.78 is 10.5. The predicted molar refractivity (Wildman–Crippen MR) is 92.2 cm³/mol. The SMILES string of the molecule is C=CCOc1ccc(NCC(=O)Nc2cccc(OC)c2)cc1. The largest absolute Gasteiger partial charge is 0.497 e. The van der Waals surface area contributed by atoms with Crippen LogP contribution in [0.15, 0.2) is 61.2 Å². The van der Waals surface area contributed by atoms with Gasteiger partial charge in [-0.15, -0.1) is 0 Å². The van der Waals surface area contributed by atoms with E-state index in [9.17, 15) is 4.79 Å². The Morgan fingerprint density at radius 2 is 1.91 bits per heavy atom. The fraction of sp³-hybridized carbons (Fsp3) is 0.167. The molecule has 0 aliphatic carbocycles. The smallest absolute Gasteiger partial charge is 0.243 e. The average molecular weight is 312 g/mol. The zero-order chi connectivity index (χ0) is 16.5. The van der Waals surface area contributed by atoms with E-state index in [2.05, 4.69) is 17.2 Å². The second-order valence-electron chi connectivity index (χ2n) is 4.76. The molecule has 5 heteroatoms. The summed E-state index contributed by atoms with van der Waals surface area (Å²) in [5, 5.41) is 5.87. The van der Waals surface area contributed by atoms with Crippen molar-refractivity contribution >= 4 is 17.3 Å². The summed E-state index contributed by atoms with van der Waals surface area (Å²) >= 11 is 0. The zero-order valence-corrected chi connectivity index (χ0v) is 13.0. The van der Waals surface area contributed by atoms with E-state index in [0.29, 0.717) is 18.0 Å². The minimum absolute atomic E-state index is 0.134. The average Bonchev–Trinajstić information content (AvgIpc) is 2.59. The number of ether oxygens (including phenoxy) is 2. The fourth-order valence-corrected chi connectivity index (χ4v) is 1.91. The third kappa shape index (κ3) is 5.39. The molecular weight excluding hydrogens is 292 g/mol. The number of carbonyl (C=O) groups is 1. The maximum Gasteiger partial charge on any atom is 0.243 e. The Kier molecular flexibility index (Phi) is 6.06. The van der Waals surface area contributed by atoms with Crippen LogP contribution in [0.5, 0.6) is 11.5 Å². The van der Waals surface area contributed by atoms with Crippen LogP contribution in [-0.4, -0.2) is 26.2 Å². The highest BCUT2D eigenvalue weighted by Gasteiger charge is 2.03. The fourth-order valence-electron chi connectivity index (χ4n) is 1.91. The first-order valence-electron chi connectivity index (χ1n) is 7.23. The maximum absolute atomic E-state index is 11.9. The monoisotopic (exact) mass is 312 g/mol. The van der Waals surface area contributed by atoms with Gasteiger partial charge < -0.3 is 20.1 Å². The maximum atomic E-state index is 11.9. The lowest BCUT2D eigenvalue weighted by Crippen LogP contribution is -2.21. The summed E-state index contributed by atoms with van der Waals surface area (Å²) in [6.07, 6.45) is 1.69. The van der Waals surface area contributed by atoms with E-state index in [-0.39, 0.29) is 12.5 Å². The molecule has 0 aliphatic heterocycles. The summed E-state index contributed by atoms with van der Waals surface area (Å²) in [5.74, 6) is 1.33. The minimum Gasteiger partial charge on any atom is -0.497 e. The molecule has 0 bridgehead atoms. The lowest BCUT2D eigenvalue weighted by atomic mass is 10.3. The van der Waals surface area contributed by atoms with Crippen molar-refractivity contribution in [3.05, 3.63) is 61.2 Å². The molecule has 0 unspecified atom stereocenters. The molecule has 0 aromatic heterocycles. The van der Waals surface area contributed by atoms with E-state index in [4.69, 9.17) is 9.47 Å². The topological polar surface area (TPSA) is 59.6 Å². The van der Waals surface area contributed by atoms with Gasteiger partial charge in [0.05, 0.1) is 13.7 Å². The molecule has 0 radical (unpaired) electrons. The van der Waals surface area contributed by atoms with Crippen LogP contribution in [0.3, 0.4) is 0 Å². The second kappa shape index (κ2) is 8.48. The molecule has 2 N–H and O–H groups in total. The number of rotatable bonds is 8. The highest BCUT2D eigenvalue weighted by molar-refractivity contribution is 5.93. The van der Waals surface area contributed by atoms with Gasteiger partial charge in [0.25, 0.3) is 0 Å². The first-order chi connectivity index (χ1) is 11.2. The standard InChI is InChI=1S/C18H20N2O3/c1-3-11-23-16-9-7-14(8-10-16)19-13-18(21)20-15-5-4-6-17(12-15)22-2/h3-10,12,19H,1,11,13H2,2H3,(H,20,21). The Balaban J connectivity index is 1.82. The lowest BCUT2D eigenvalue weighted by Gasteiger charge is -2.09. The number of amides is 1. The number of hydrogen-bond donors (Lipinski definition) is 2. The summed E-state index contributed by atoms with van der Waals surface area (Å²) in [6.45, 7) is 4.24. The molecule has 120 valence electrons. The van der Waals surface area contributed by atoms with Crippen molar-refractivity contribution in [2.24, 2.45) is 0 Å². The lowest BCUT2D eigenvalue weighted by molar-refractivity contribution is -0.114. The van der Waals surface area contributed by atoms with Gasteiger partial charge in [-0.25, -0.2) is 0 Å². The number of methoxy groups -OCH3 is 1. The summed E-state index contributed by atoms with van der Waals surface area (Å²) in [7, 11) is 1.59. The molecule has 0 heterocycles. The van der Waals surface area contributed by atoms with Crippen molar-refractivity contribution in [2.45, 2.75) is 0 Å². The molecule has 0 fully saturated rings. The Morgan fingerprint density at radius 1 is 1.13 bits per heavy atom. The van der Waals surface area contributed by atoms with Crippen molar-refractivity contribution in [3.63, 3.8) is 0 Å². The summed E-state index contributed by atoms with van der Waals surface area (Å²) in [4.78, 5) is 11.9. The van der Waals surface area contributed by atoms with Gasteiger partial charge >= 0.3 is 0 Å². The molecule has 0 atom stereocenters. The molecule has 0 saturated heterocycles. The van der Waals surface area contributed by atoms with Gasteiger partial charge in [-0.3, -0.25) is 4.79 Å². The first-order valence-corrected chi connectivity index (χ1v) is 7.23. The van der Waals surface area contributed by atoms with Gasteiger partial charge in [0.1, 0.15) is 18.1 Å². The normalized spacial score (nSPS) is 9.78. The third-order valence-electron chi connectivity index (χ3n) is 3.03. The van der Waals surface area contributed by atoms with Crippen molar-refractivity contribution in [1.29, 1.82) is 0 Å². The number of carbonyl (C=O) groups excluding carboxylic acids is 1. The van der Waals surface area contributed by atoms with Gasteiger partial charge in [-0.2, -0.15) is 0 Å². The first kappa shape index (κ1) is 16.4. The van der Waals surface area contributed by atoms with Gasteiger partial charge in [0.2, 0.25) is 5.91 Å². The highest BCUT2D eigenvalue weighted by atomic mass is 16.5. The van der Waals surface area contributed by atoms with Crippen LogP contribution in [-0.2, 0) is 4.79 Å². The predicted octanol–water partition coefficient (Wildman–Crippen LogP) is 3.31. The van der Waals surface area contributed by atoms with E-state index in [1.807, 2.05) is 42.5 Å². The number of hydrogen-bond acceptors (Lipinski definition) is 4. The third-order valence-corrected chi connectivity index (χ3v) is 3.03. The molecular formula is C18H20N2O3. The molecule has 2 aromatic rings.